The van der Waals surface area contributed by atoms with Crippen molar-refractivity contribution in [1.82, 2.24) is 5.43 Å². The molecule has 158 valence electrons. The topological polar surface area (TPSA) is 127 Å². The number of hydrazone groups is 1. The Kier molecular flexibility index (Phi) is 6.68. The Labute approximate surface area is 185 Å². The van der Waals surface area contributed by atoms with Crippen LogP contribution in [0.1, 0.15) is 11.3 Å². The first-order valence-corrected chi connectivity index (χ1v) is 9.45. The highest BCUT2D eigenvalue weighted by atomic mass is 35.5. The summed E-state index contributed by atoms with van der Waals surface area (Å²) in [6, 6.07) is 12.2. The van der Waals surface area contributed by atoms with Crippen LogP contribution >= 0.6 is 23.2 Å². The molecular formula is C20H14Cl2N4O5. The van der Waals surface area contributed by atoms with Gasteiger partial charge >= 0.3 is 11.8 Å². The molecule has 0 aliphatic heterocycles. The maximum atomic E-state index is 11.9. The second kappa shape index (κ2) is 9.41. The van der Waals surface area contributed by atoms with E-state index in [0.29, 0.717) is 27.6 Å². The molecule has 0 aliphatic carbocycles. The van der Waals surface area contributed by atoms with Gasteiger partial charge in [0, 0.05) is 22.9 Å². The van der Waals surface area contributed by atoms with Crippen LogP contribution in [0.2, 0.25) is 10.0 Å². The smallest absolute Gasteiger partial charge is 0.329 e. The van der Waals surface area contributed by atoms with Crippen molar-refractivity contribution in [3.8, 4) is 11.3 Å². The first kappa shape index (κ1) is 22.0. The van der Waals surface area contributed by atoms with E-state index in [0.717, 1.165) is 0 Å². The zero-order valence-electron chi connectivity index (χ0n) is 15.9. The quantitative estimate of drug-likeness (QED) is 0.249. The van der Waals surface area contributed by atoms with E-state index in [1.54, 1.807) is 31.2 Å². The SMILES string of the molecule is Cc1c(-c2ccc(C=NNC(=O)C(=O)Nc3ccc(Cl)c(Cl)c3)o2)cccc1[N+](=O)[O-]. The summed E-state index contributed by atoms with van der Waals surface area (Å²) in [5.74, 6) is -1.30. The maximum Gasteiger partial charge on any atom is 0.329 e. The minimum absolute atomic E-state index is 0.0237. The Morgan fingerprint density at radius 2 is 1.87 bits per heavy atom. The van der Waals surface area contributed by atoms with Crippen LogP contribution in [-0.4, -0.2) is 23.0 Å². The first-order chi connectivity index (χ1) is 14.8. The lowest BCUT2D eigenvalue weighted by molar-refractivity contribution is -0.385. The molecule has 0 unspecified atom stereocenters. The molecule has 0 fully saturated rings. The molecule has 0 saturated carbocycles. The predicted octanol–water partition coefficient (Wildman–Crippen LogP) is 4.56. The second-order valence-electron chi connectivity index (χ2n) is 6.19. The van der Waals surface area contributed by atoms with Crippen molar-refractivity contribution in [1.29, 1.82) is 0 Å². The van der Waals surface area contributed by atoms with Crippen LogP contribution in [-0.2, 0) is 9.59 Å². The van der Waals surface area contributed by atoms with Crippen molar-refractivity contribution in [2.75, 3.05) is 5.32 Å². The van der Waals surface area contributed by atoms with Gasteiger partial charge < -0.3 is 9.73 Å². The number of carbonyl (C=O) groups excluding carboxylic acids is 2. The van der Waals surface area contributed by atoms with Crippen LogP contribution < -0.4 is 10.7 Å². The number of benzene rings is 2. The van der Waals surface area contributed by atoms with Crippen LogP contribution in [0.25, 0.3) is 11.3 Å². The molecular weight excluding hydrogens is 447 g/mol. The predicted molar refractivity (Wildman–Crippen MR) is 116 cm³/mol. The summed E-state index contributed by atoms with van der Waals surface area (Å²) in [4.78, 5) is 34.4. The van der Waals surface area contributed by atoms with E-state index in [4.69, 9.17) is 27.6 Å². The monoisotopic (exact) mass is 460 g/mol. The van der Waals surface area contributed by atoms with E-state index in [9.17, 15) is 19.7 Å². The average molecular weight is 461 g/mol. The van der Waals surface area contributed by atoms with Gasteiger partial charge in [0.05, 0.1) is 21.2 Å². The molecule has 2 amide bonds. The van der Waals surface area contributed by atoms with Gasteiger partial charge in [0.1, 0.15) is 11.5 Å². The highest BCUT2D eigenvalue weighted by Crippen LogP contribution is 2.30. The molecule has 0 radical (unpaired) electrons. The molecule has 31 heavy (non-hydrogen) atoms. The van der Waals surface area contributed by atoms with Gasteiger partial charge in [0.25, 0.3) is 5.69 Å². The summed E-state index contributed by atoms with van der Waals surface area (Å²) in [5, 5.41) is 17.7. The average Bonchev–Trinajstić information content (AvgIpc) is 3.19. The third kappa shape index (κ3) is 5.27. The Bertz CT molecular complexity index is 1210. The van der Waals surface area contributed by atoms with Crippen LogP contribution in [0.15, 0.2) is 58.0 Å². The fraction of sp³-hybridized carbons (Fsp3) is 0.0500. The molecule has 9 nitrogen and oxygen atoms in total. The van der Waals surface area contributed by atoms with Crippen molar-refractivity contribution >= 4 is 52.6 Å². The van der Waals surface area contributed by atoms with Gasteiger partial charge in [-0.15, -0.1) is 0 Å². The second-order valence-corrected chi connectivity index (χ2v) is 7.01. The van der Waals surface area contributed by atoms with Crippen molar-refractivity contribution < 1.29 is 18.9 Å². The van der Waals surface area contributed by atoms with E-state index in [-0.39, 0.29) is 16.5 Å². The number of amides is 2. The Balaban J connectivity index is 1.63. The van der Waals surface area contributed by atoms with Crippen LogP contribution in [0, 0.1) is 17.0 Å². The lowest BCUT2D eigenvalue weighted by atomic mass is 10.1. The van der Waals surface area contributed by atoms with E-state index in [1.165, 1.54) is 30.5 Å². The zero-order valence-corrected chi connectivity index (χ0v) is 17.4. The molecule has 2 N–H and O–H groups in total. The minimum Gasteiger partial charge on any atom is -0.455 e. The van der Waals surface area contributed by atoms with Gasteiger partial charge in [-0.05, 0) is 37.3 Å². The van der Waals surface area contributed by atoms with Crippen molar-refractivity contribution in [2.24, 2.45) is 5.10 Å². The number of anilines is 1. The van der Waals surface area contributed by atoms with Crippen LogP contribution in [0.4, 0.5) is 11.4 Å². The van der Waals surface area contributed by atoms with Crippen LogP contribution in [0.3, 0.4) is 0 Å². The van der Waals surface area contributed by atoms with E-state index in [1.807, 2.05) is 0 Å². The number of rotatable bonds is 5. The fourth-order valence-corrected chi connectivity index (χ4v) is 2.92. The highest BCUT2D eigenvalue weighted by molar-refractivity contribution is 6.42. The highest BCUT2D eigenvalue weighted by Gasteiger charge is 2.17. The lowest BCUT2D eigenvalue weighted by Crippen LogP contribution is -2.32. The number of nitro benzene ring substituents is 1. The number of nitrogens with one attached hydrogen (secondary N) is 2. The number of furan rings is 1. The summed E-state index contributed by atoms with van der Waals surface area (Å²) in [5.41, 5.74) is 3.35. The molecule has 0 aliphatic rings. The fourth-order valence-electron chi connectivity index (χ4n) is 2.62. The summed E-state index contributed by atoms with van der Waals surface area (Å²) in [6.45, 7) is 1.62. The molecule has 0 saturated heterocycles. The number of hydrogen-bond acceptors (Lipinski definition) is 6. The number of nitro groups is 1. The normalized spacial score (nSPS) is 10.8. The number of halogens is 2. The molecule has 11 heteroatoms. The largest absolute Gasteiger partial charge is 0.455 e. The number of nitrogens with zero attached hydrogens (tertiary/aromatic N) is 2. The van der Waals surface area contributed by atoms with Gasteiger partial charge in [0.2, 0.25) is 0 Å². The van der Waals surface area contributed by atoms with Crippen LogP contribution in [0.5, 0.6) is 0 Å². The van der Waals surface area contributed by atoms with Crippen molar-refractivity contribution in [2.45, 2.75) is 6.92 Å². The number of hydrogen-bond donors (Lipinski definition) is 2. The molecule has 1 heterocycles. The van der Waals surface area contributed by atoms with E-state index in [2.05, 4.69) is 15.8 Å². The van der Waals surface area contributed by atoms with Crippen molar-refractivity contribution in [3.05, 3.63) is 80.0 Å². The molecule has 2 aromatic carbocycles. The van der Waals surface area contributed by atoms with Gasteiger partial charge in [-0.1, -0.05) is 35.3 Å². The minimum atomic E-state index is -1.01. The third-order valence-corrected chi connectivity index (χ3v) is 4.87. The number of carbonyl (C=O) groups is 2. The van der Waals surface area contributed by atoms with Gasteiger partial charge in [-0.25, -0.2) is 5.43 Å². The zero-order chi connectivity index (χ0) is 22.5. The molecule has 0 spiro atoms. The molecule has 1 aromatic heterocycles. The molecule has 3 rings (SSSR count). The standard InChI is InChI=1S/C20H14Cl2N4O5/c1-11-14(3-2-4-17(11)26(29)30)18-8-6-13(31-18)10-23-25-20(28)19(27)24-12-5-7-15(21)16(22)9-12/h2-10H,1H3,(H,24,27)(H,25,28). The Morgan fingerprint density at radius 3 is 2.58 bits per heavy atom. The molecule has 0 bridgehead atoms. The molecule has 0 atom stereocenters. The lowest BCUT2D eigenvalue weighted by Gasteiger charge is -2.05. The summed E-state index contributed by atoms with van der Waals surface area (Å²) in [7, 11) is 0. The van der Waals surface area contributed by atoms with Crippen molar-refractivity contribution in [3.63, 3.8) is 0 Å². The Morgan fingerprint density at radius 1 is 1.10 bits per heavy atom. The third-order valence-electron chi connectivity index (χ3n) is 4.14. The molecule has 3 aromatic rings. The first-order valence-electron chi connectivity index (χ1n) is 8.70. The van der Waals surface area contributed by atoms with Gasteiger partial charge in [-0.3, -0.25) is 19.7 Å². The maximum absolute atomic E-state index is 11.9. The van der Waals surface area contributed by atoms with E-state index < -0.39 is 16.7 Å². The Hall–Kier alpha value is -3.69. The van der Waals surface area contributed by atoms with Gasteiger partial charge in [-0.2, -0.15) is 5.10 Å². The summed E-state index contributed by atoms with van der Waals surface area (Å²) >= 11 is 11.7. The van der Waals surface area contributed by atoms with E-state index >= 15 is 0 Å². The summed E-state index contributed by atoms with van der Waals surface area (Å²) in [6.07, 6.45) is 1.19. The van der Waals surface area contributed by atoms with Gasteiger partial charge in [0.15, 0.2) is 0 Å². The summed E-state index contributed by atoms with van der Waals surface area (Å²) < 4.78 is 5.60.